The molecule has 2 rings (SSSR count). The van der Waals surface area contributed by atoms with E-state index in [2.05, 4.69) is 28.9 Å². The number of nitrogens with zero attached hydrogens (tertiary/aromatic N) is 3. The summed E-state index contributed by atoms with van der Waals surface area (Å²) in [5.41, 5.74) is 0.360. The molecule has 0 aromatic carbocycles. The van der Waals surface area contributed by atoms with Crippen molar-refractivity contribution in [3.8, 4) is 0 Å². The first-order valence-electron chi connectivity index (χ1n) is 6.02. The molecule has 0 amide bonds. The molecule has 0 saturated heterocycles. The average molecular weight is 269 g/mol. The molecular formula is C12H19N3O2S. The predicted molar refractivity (Wildman–Crippen MR) is 72.6 cm³/mol. The van der Waals surface area contributed by atoms with E-state index in [1.54, 1.807) is 5.38 Å². The molecule has 100 valence electrons. The molecule has 0 unspecified atom stereocenters. The Labute approximate surface area is 111 Å². The lowest BCUT2D eigenvalue weighted by Crippen LogP contribution is -2.56. The lowest BCUT2D eigenvalue weighted by atomic mass is 9.75. The van der Waals surface area contributed by atoms with Crippen molar-refractivity contribution in [2.75, 3.05) is 32.6 Å². The van der Waals surface area contributed by atoms with Gasteiger partial charge in [0.15, 0.2) is 10.8 Å². The first-order chi connectivity index (χ1) is 8.44. The summed E-state index contributed by atoms with van der Waals surface area (Å²) in [6.07, 6.45) is 3.66. The number of carboxylic acids is 1. The highest BCUT2D eigenvalue weighted by molar-refractivity contribution is 7.13. The summed E-state index contributed by atoms with van der Waals surface area (Å²) < 4.78 is 0. The van der Waals surface area contributed by atoms with Crippen molar-refractivity contribution in [1.82, 2.24) is 9.88 Å². The topological polar surface area (TPSA) is 56.7 Å². The molecule has 1 heterocycles. The van der Waals surface area contributed by atoms with Crippen molar-refractivity contribution in [3.63, 3.8) is 0 Å². The van der Waals surface area contributed by atoms with Crippen LogP contribution in [0.25, 0.3) is 0 Å². The fraction of sp³-hybridized carbons (Fsp3) is 0.667. The summed E-state index contributed by atoms with van der Waals surface area (Å²) in [6, 6.07) is 0. The highest BCUT2D eigenvalue weighted by Gasteiger charge is 2.40. The molecule has 1 aliphatic carbocycles. The summed E-state index contributed by atoms with van der Waals surface area (Å²) in [5.74, 6) is -0.961. The lowest BCUT2D eigenvalue weighted by Gasteiger charge is -2.49. The molecule has 0 spiro atoms. The number of hydrogen-bond donors (Lipinski definition) is 1. The minimum atomic E-state index is -0.961. The summed E-state index contributed by atoms with van der Waals surface area (Å²) in [6.45, 7) is 0.895. The number of carbonyl (C=O) groups is 1. The molecule has 18 heavy (non-hydrogen) atoms. The molecule has 1 aliphatic rings. The molecule has 0 radical (unpaired) electrons. The molecule has 0 aliphatic heterocycles. The normalized spacial score (nSPS) is 17.6. The van der Waals surface area contributed by atoms with Crippen molar-refractivity contribution in [3.05, 3.63) is 11.1 Å². The van der Waals surface area contributed by atoms with Crippen LogP contribution in [0.3, 0.4) is 0 Å². The molecule has 6 heteroatoms. The van der Waals surface area contributed by atoms with Gasteiger partial charge in [-0.15, -0.1) is 11.3 Å². The second-order valence-corrected chi connectivity index (χ2v) is 5.99. The maximum absolute atomic E-state index is 10.8. The van der Waals surface area contributed by atoms with Crippen LogP contribution in [0.15, 0.2) is 5.38 Å². The van der Waals surface area contributed by atoms with Crippen LogP contribution in [0.4, 0.5) is 5.13 Å². The van der Waals surface area contributed by atoms with E-state index < -0.39 is 5.97 Å². The largest absolute Gasteiger partial charge is 0.476 e. The maximum Gasteiger partial charge on any atom is 0.355 e. The van der Waals surface area contributed by atoms with E-state index in [0.29, 0.717) is 0 Å². The molecular weight excluding hydrogens is 250 g/mol. The van der Waals surface area contributed by atoms with E-state index in [-0.39, 0.29) is 11.2 Å². The van der Waals surface area contributed by atoms with Gasteiger partial charge in [-0.2, -0.15) is 0 Å². The van der Waals surface area contributed by atoms with Crippen molar-refractivity contribution in [2.45, 2.75) is 24.8 Å². The van der Waals surface area contributed by atoms with Gasteiger partial charge >= 0.3 is 5.97 Å². The smallest absolute Gasteiger partial charge is 0.355 e. The van der Waals surface area contributed by atoms with Crippen LogP contribution >= 0.6 is 11.3 Å². The Morgan fingerprint density at radius 1 is 1.50 bits per heavy atom. The molecule has 0 bridgehead atoms. The Morgan fingerprint density at radius 3 is 2.56 bits per heavy atom. The third kappa shape index (κ3) is 2.35. The molecule has 1 saturated carbocycles. The van der Waals surface area contributed by atoms with Crippen molar-refractivity contribution >= 4 is 22.4 Å². The van der Waals surface area contributed by atoms with Crippen LogP contribution in [-0.4, -0.2) is 54.2 Å². The highest BCUT2D eigenvalue weighted by Crippen LogP contribution is 2.37. The number of aromatic nitrogens is 1. The van der Waals surface area contributed by atoms with Crippen LogP contribution in [0.1, 0.15) is 29.8 Å². The molecule has 1 N–H and O–H groups in total. The van der Waals surface area contributed by atoms with Crippen molar-refractivity contribution < 1.29 is 9.90 Å². The number of carboxylic acid groups (broad SMARTS) is 1. The van der Waals surface area contributed by atoms with Crippen molar-refractivity contribution in [1.29, 1.82) is 0 Å². The molecule has 1 aromatic rings. The van der Waals surface area contributed by atoms with Gasteiger partial charge < -0.3 is 14.9 Å². The SMILES string of the molecule is CN(CC1(N(C)C)CCC1)c1nc(C(=O)O)cs1. The Balaban J connectivity index is 2.06. The molecule has 5 nitrogen and oxygen atoms in total. The van der Waals surface area contributed by atoms with Gasteiger partial charge in [0.25, 0.3) is 0 Å². The Hall–Kier alpha value is -1.14. The third-order valence-corrected chi connectivity index (χ3v) is 4.76. The van der Waals surface area contributed by atoms with Crippen LogP contribution in [0.5, 0.6) is 0 Å². The Kier molecular flexibility index (Phi) is 3.59. The number of rotatable bonds is 5. The summed E-state index contributed by atoms with van der Waals surface area (Å²) >= 11 is 1.39. The van der Waals surface area contributed by atoms with Gasteiger partial charge in [-0.1, -0.05) is 0 Å². The molecule has 1 aromatic heterocycles. The average Bonchev–Trinajstić information content (AvgIpc) is 2.71. The first kappa shape index (κ1) is 13.3. The van der Waals surface area contributed by atoms with E-state index in [1.807, 2.05) is 7.05 Å². The highest BCUT2D eigenvalue weighted by atomic mass is 32.1. The standard InChI is InChI=1S/C12H19N3O2S/c1-14(2)12(5-4-6-12)8-15(3)11-13-9(7-18-11)10(16)17/h7H,4-6,8H2,1-3H3,(H,16,17). The first-order valence-corrected chi connectivity index (χ1v) is 6.90. The minimum absolute atomic E-state index is 0.134. The fourth-order valence-electron chi connectivity index (χ4n) is 2.38. The van der Waals surface area contributed by atoms with Gasteiger partial charge in [0.1, 0.15) is 0 Å². The number of likely N-dealkylation sites (N-methyl/N-ethyl adjacent to an activating group) is 2. The maximum atomic E-state index is 10.8. The fourth-order valence-corrected chi connectivity index (χ4v) is 3.14. The number of thiazole rings is 1. The van der Waals surface area contributed by atoms with Crippen LogP contribution in [0, 0.1) is 0 Å². The van der Waals surface area contributed by atoms with Crippen LogP contribution in [-0.2, 0) is 0 Å². The van der Waals surface area contributed by atoms with E-state index in [4.69, 9.17) is 5.11 Å². The number of anilines is 1. The summed E-state index contributed by atoms with van der Waals surface area (Å²) in [7, 11) is 6.20. The van der Waals surface area contributed by atoms with Crippen LogP contribution in [0.2, 0.25) is 0 Å². The lowest BCUT2D eigenvalue weighted by molar-refractivity contribution is 0.0681. The van der Waals surface area contributed by atoms with Crippen molar-refractivity contribution in [2.24, 2.45) is 0 Å². The van der Waals surface area contributed by atoms with Gasteiger partial charge in [0, 0.05) is 24.5 Å². The van der Waals surface area contributed by atoms with Gasteiger partial charge in [0.2, 0.25) is 0 Å². The second kappa shape index (κ2) is 4.85. The van der Waals surface area contributed by atoms with Gasteiger partial charge in [0.05, 0.1) is 0 Å². The van der Waals surface area contributed by atoms with Gasteiger partial charge in [-0.05, 0) is 33.4 Å². The Morgan fingerprint density at radius 2 is 2.17 bits per heavy atom. The quantitative estimate of drug-likeness (QED) is 0.882. The van der Waals surface area contributed by atoms with E-state index >= 15 is 0 Å². The zero-order valence-corrected chi connectivity index (χ0v) is 11.8. The minimum Gasteiger partial charge on any atom is -0.476 e. The van der Waals surface area contributed by atoms with E-state index in [0.717, 1.165) is 11.7 Å². The number of aromatic carboxylic acids is 1. The third-order valence-electron chi connectivity index (χ3n) is 3.80. The summed E-state index contributed by atoms with van der Waals surface area (Å²) in [4.78, 5) is 19.3. The van der Waals surface area contributed by atoms with Crippen LogP contribution < -0.4 is 4.90 Å². The summed E-state index contributed by atoms with van der Waals surface area (Å²) in [5, 5.41) is 11.2. The monoisotopic (exact) mass is 269 g/mol. The van der Waals surface area contributed by atoms with Gasteiger partial charge in [-0.25, -0.2) is 9.78 Å². The predicted octanol–water partition coefficient (Wildman–Crippen LogP) is 1.76. The molecule has 0 atom stereocenters. The zero-order chi connectivity index (χ0) is 13.3. The molecule has 1 fully saturated rings. The van der Waals surface area contributed by atoms with E-state index in [9.17, 15) is 4.79 Å². The van der Waals surface area contributed by atoms with E-state index in [1.165, 1.54) is 30.6 Å². The number of hydrogen-bond acceptors (Lipinski definition) is 5. The zero-order valence-electron chi connectivity index (χ0n) is 11.0. The van der Waals surface area contributed by atoms with Gasteiger partial charge in [-0.3, -0.25) is 0 Å². The Bertz CT molecular complexity index is 440. The second-order valence-electron chi connectivity index (χ2n) is 5.15.